The van der Waals surface area contributed by atoms with Crippen LogP contribution in [0.1, 0.15) is 5.69 Å². The minimum atomic E-state index is 0.0523. The van der Waals surface area contributed by atoms with E-state index in [1.807, 2.05) is 30.3 Å². The number of benzene rings is 1. The summed E-state index contributed by atoms with van der Waals surface area (Å²) >= 11 is 0. The molecule has 0 aliphatic heterocycles. The zero-order chi connectivity index (χ0) is 15.8. The first kappa shape index (κ1) is 13.3. The molecule has 0 aliphatic carbocycles. The van der Waals surface area contributed by atoms with Gasteiger partial charge in [-0.1, -0.05) is 11.7 Å². The van der Waals surface area contributed by atoms with Gasteiger partial charge < -0.3 is 14.9 Å². The van der Waals surface area contributed by atoms with E-state index in [9.17, 15) is 5.11 Å². The number of pyridine rings is 1. The number of fused-ring (bicyclic) bond motifs is 2. The zero-order valence-corrected chi connectivity index (χ0v) is 12.1. The summed E-state index contributed by atoms with van der Waals surface area (Å²) in [5.41, 5.74) is 3.72. The van der Waals surface area contributed by atoms with Gasteiger partial charge >= 0.3 is 0 Å². The predicted molar refractivity (Wildman–Crippen MR) is 86.7 cm³/mol. The van der Waals surface area contributed by atoms with Gasteiger partial charge in [0.15, 0.2) is 11.4 Å². The number of nitrogens with zero attached hydrogens (tertiary/aromatic N) is 3. The number of allylic oxidation sites excluding steroid dienone is 1. The van der Waals surface area contributed by atoms with Gasteiger partial charge in [0, 0.05) is 23.3 Å². The zero-order valence-electron chi connectivity index (χ0n) is 12.1. The first-order valence-electron chi connectivity index (χ1n) is 7.02. The van der Waals surface area contributed by atoms with Crippen LogP contribution in [0.3, 0.4) is 0 Å². The summed E-state index contributed by atoms with van der Waals surface area (Å²) in [5, 5.41) is 24.5. The van der Waals surface area contributed by atoms with Crippen LogP contribution in [0.5, 0.6) is 0 Å². The molecule has 3 aromatic heterocycles. The maximum atomic E-state index is 9.30. The average Bonchev–Trinajstić information content (AvgIpc) is 3.12. The molecule has 0 unspecified atom stereocenters. The molecule has 7 nitrogen and oxygen atoms in total. The SMILES string of the molecule is C=C(O)Cc1noc2cc(Nc3n[nH]c4cccnc34)ccc12. The summed E-state index contributed by atoms with van der Waals surface area (Å²) in [6, 6.07) is 9.37. The maximum absolute atomic E-state index is 9.30. The Kier molecular flexibility index (Phi) is 2.97. The molecule has 0 aliphatic rings. The molecule has 0 bridgehead atoms. The second kappa shape index (κ2) is 5.13. The number of rotatable bonds is 4. The topological polar surface area (TPSA) is 99.9 Å². The van der Waals surface area contributed by atoms with Gasteiger partial charge in [0.2, 0.25) is 0 Å². The Balaban J connectivity index is 1.68. The lowest BCUT2D eigenvalue weighted by Gasteiger charge is -2.02. The largest absolute Gasteiger partial charge is 0.513 e. The van der Waals surface area contributed by atoms with Crippen molar-refractivity contribution in [2.45, 2.75) is 6.42 Å². The Morgan fingerprint density at radius 2 is 2.26 bits per heavy atom. The van der Waals surface area contributed by atoms with Crippen LogP contribution in [-0.4, -0.2) is 25.4 Å². The summed E-state index contributed by atoms with van der Waals surface area (Å²) in [5.74, 6) is 0.694. The summed E-state index contributed by atoms with van der Waals surface area (Å²) in [6.45, 7) is 3.48. The second-order valence-corrected chi connectivity index (χ2v) is 5.18. The van der Waals surface area contributed by atoms with Gasteiger partial charge in [-0.15, -0.1) is 0 Å². The third kappa shape index (κ3) is 2.38. The van der Waals surface area contributed by atoms with Crippen LogP contribution in [0.15, 0.2) is 53.4 Å². The van der Waals surface area contributed by atoms with Gasteiger partial charge in [0.25, 0.3) is 0 Å². The molecule has 0 saturated heterocycles. The number of aliphatic hydroxyl groups is 1. The van der Waals surface area contributed by atoms with Crippen molar-refractivity contribution < 1.29 is 9.63 Å². The lowest BCUT2D eigenvalue weighted by atomic mass is 10.1. The Labute approximate surface area is 130 Å². The van der Waals surface area contributed by atoms with Gasteiger partial charge in [-0.2, -0.15) is 5.10 Å². The van der Waals surface area contributed by atoms with E-state index in [2.05, 4.69) is 32.2 Å². The van der Waals surface area contributed by atoms with Crippen molar-refractivity contribution in [1.82, 2.24) is 20.3 Å². The summed E-state index contributed by atoms with van der Waals surface area (Å²) in [6.07, 6.45) is 1.99. The number of aromatic amines is 1. The fraction of sp³-hybridized carbons (Fsp3) is 0.0625. The summed E-state index contributed by atoms with van der Waals surface area (Å²) < 4.78 is 5.31. The molecule has 0 fully saturated rings. The van der Waals surface area contributed by atoms with Gasteiger partial charge in [-0.25, -0.2) is 0 Å². The Morgan fingerprint density at radius 3 is 3.13 bits per heavy atom. The summed E-state index contributed by atoms with van der Waals surface area (Å²) in [7, 11) is 0. The van der Waals surface area contributed by atoms with Crippen molar-refractivity contribution in [2.75, 3.05) is 5.32 Å². The number of aromatic nitrogens is 4. The van der Waals surface area contributed by atoms with Crippen LogP contribution >= 0.6 is 0 Å². The van der Waals surface area contributed by atoms with Crippen LogP contribution in [0.4, 0.5) is 11.5 Å². The maximum Gasteiger partial charge on any atom is 0.178 e. The molecule has 0 atom stereocenters. The van der Waals surface area contributed by atoms with Crippen molar-refractivity contribution in [1.29, 1.82) is 0 Å². The predicted octanol–water partition coefficient (Wildman–Crippen LogP) is 3.46. The molecule has 4 aromatic rings. The monoisotopic (exact) mass is 307 g/mol. The van der Waals surface area contributed by atoms with Crippen molar-refractivity contribution in [3.05, 3.63) is 54.6 Å². The molecule has 7 heteroatoms. The van der Waals surface area contributed by atoms with Crippen LogP contribution in [0, 0.1) is 0 Å². The molecule has 3 N–H and O–H groups in total. The molecule has 4 rings (SSSR count). The molecule has 0 radical (unpaired) electrons. The van der Waals surface area contributed by atoms with Crippen LogP contribution < -0.4 is 5.32 Å². The van der Waals surface area contributed by atoms with Crippen molar-refractivity contribution in [3.8, 4) is 0 Å². The number of anilines is 2. The van der Waals surface area contributed by atoms with Gasteiger partial charge in [-0.3, -0.25) is 10.1 Å². The third-order valence-electron chi connectivity index (χ3n) is 3.50. The van der Waals surface area contributed by atoms with E-state index >= 15 is 0 Å². The smallest absolute Gasteiger partial charge is 0.178 e. The highest BCUT2D eigenvalue weighted by atomic mass is 16.5. The standard InChI is InChI=1S/C16H13N5O2/c1-9(22)7-13-11-5-4-10(8-14(11)23-21-13)18-16-15-12(19-20-16)3-2-6-17-15/h2-6,8,22H,1,7H2,(H2,18,19,20). The molecule has 3 heterocycles. The highest BCUT2D eigenvalue weighted by Gasteiger charge is 2.11. The lowest BCUT2D eigenvalue weighted by Crippen LogP contribution is -1.92. The first-order valence-corrected chi connectivity index (χ1v) is 7.02. The second-order valence-electron chi connectivity index (χ2n) is 5.18. The van der Waals surface area contributed by atoms with E-state index in [1.165, 1.54) is 0 Å². The number of hydrogen-bond donors (Lipinski definition) is 3. The Hall–Kier alpha value is -3.35. The number of aliphatic hydroxyl groups excluding tert-OH is 1. The van der Waals surface area contributed by atoms with Gasteiger partial charge in [0.05, 0.1) is 23.4 Å². The fourth-order valence-corrected chi connectivity index (χ4v) is 2.47. The Bertz CT molecular complexity index is 1020. The molecule has 0 spiro atoms. The van der Waals surface area contributed by atoms with Crippen molar-refractivity contribution >= 4 is 33.5 Å². The third-order valence-corrected chi connectivity index (χ3v) is 3.50. The number of H-pyrrole nitrogens is 1. The van der Waals surface area contributed by atoms with Gasteiger partial charge in [-0.05, 0) is 24.3 Å². The van der Waals surface area contributed by atoms with E-state index in [4.69, 9.17) is 4.52 Å². The molecular formula is C16H13N5O2. The quantitative estimate of drug-likeness (QED) is 0.499. The van der Waals surface area contributed by atoms with E-state index < -0.39 is 0 Å². The molecule has 0 saturated carbocycles. The normalized spacial score (nSPS) is 11.1. The van der Waals surface area contributed by atoms with E-state index in [0.717, 1.165) is 22.1 Å². The minimum absolute atomic E-state index is 0.0523. The van der Waals surface area contributed by atoms with Gasteiger partial charge in [0.1, 0.15) is 5.52 Å². The lowest BCUT2D eigenvalue weighted by molar-refractivity contribution is 0.391. The first-order chi connectivity index (χ1) is 11.2. The fourth-order valence-electron chi connectivity index (χ4n) is 2.47. The summed E-state index contributed by atoms with van der Waals surface area (Å²) in [4.78, 5) is 4.31. The van der Waals surface area contributed by atoms with Crippen LogP contribution in [0.25, 0.3) is 22.0 Å². The van der Waals surface area contributed by atoms with Crippen LogP contribution in [0.2, 0.25) is 0 Å². The Morgan fingerprint density at radius 1 is 1.35 bits per heavy atom. The molecule has 1 aromatic carbocycles. The highest BCUT2D eigenvalue weighted by molar-refractivity contribution is 5.89. The van der Waals surface area contributed by atoms with Crippen molar-refractivity contribution in [3.63, 3.8) is 0 Å². The molecule has 23 heavy (non-hydrogen) atoms. The number of hydrogen-bond acceptors (Lipinski definition) is 6. The van der Waals surface area contributed by atoms with Crippen LogP contribution in [-0.2, 0) is 6.42 Å². The molecule has 114 valence electrons. The average molecular weight is 307 g/mol. The molecular weight excluding hydrogens is 294 g/mol. The number of nitrogens with one attached hydrogen (secondary N) is 2. The van der Waals surface area contributed by atoms with E-state index in [-0.39, 0.29) is 12.2 Å². The molecule has 0 amide bonds. The minimum Gasteiger partial charge on any atom is -0.513 e. The van der Waals surface area contributed by atoms with E-state index in [1.54, 1.807) is 6.20 Å². The van der Waals surface area contributed by atoms with E-state index in [0.29, 0.717) is 17.1 Å². The van der Waals surface area contributed by atoms with Crippen molar-refractivity contribution in [2.24, 2.45) is 0 Å². The highest BCUT2D eigenvalue weighted by Crippen LogP contribution is 2.27.